The van der Waals surface area contributed by atoms with E-state index in [1.807, 2.05) is 36.4 Å². The van der Waals surface area contributed by atoms with Gasteiger partial charge >= 0.3 is 0 Å². The van der Waals surface area contributed by atoms with E-state index in [-0.39, 0.29) is 5.75 Å². The molecule has 1 N–H and O–H groups in total. The molecule has 0 spiro atoms. The lowest BCUT2D eigenvalue weighted by Gasteiger charge is -2.15. The number of phenolic OH excluding ortho intramolecular Hbond substituents is 1. The standard InChI is InChI=1S/C24H18O/c25-20-15-16-23(24(17-20)19-11-5-2-6-12-19)22-14-8-7-13-21(22)18-9-3-1-4-10-18/h1-17,25H. The molecule has 0 heterocycles. The third-order valence-corrected chi connectivity index (χ3v) is 4.39. The molecule has 4 rings (SSSR count). The van der Waals surface area contributed by atoms with Gasteiger partial charge in [-0.25, -0.2) is 0 Å². The molecule has 0 saturated heterocycles. The van der Waals surface area contributed by atoms with Crippen LogP contribution in [-0.4, -0.2) is 5.11 Å². The molecule has 1 nitrogen and oxygen atoms in total. The Morgan fingerprint density at radius 2 is 0.880 bits per heavy atom. The Hall–Kier alpha value is -3.32. The highest BCUT2D eigenvalue weighted by Gasteiger charge is 2.12. The normalized spacial score (nSPS) is 10.6. The maximum atomic E-state index is 10.0. The number of rotatable bonds is 3. The van der Waals surface area contributed by atoms with E-state index in [0.29, 0.717) is 0 Å². The Kier molecular flexibility index (Phi) is 4.05. The van der Waals surface area contributed by atoms with E-state index >= 15 is 0 Å². The SMILES string of the molecule is Oc1ccc(-c2ccccc2-c2ccccc2)c(-c2ccccc2)c1. The number of aromatic hydroxyl groups is 1. The zero-order chi connectivity index (χ0) is 17.1. The molecule has 0 unspecified atom stereocenters. The van der Waals surface area contributed by atoms with Crippen molar-refractivity contribution in [1.82, 2.24) is 0 Å². The summed E-state index contributed by atoms with van der Waals surface area (Å²) >= 11 is 0. The van der Waals surface area contributed by atoms with Gasteiger partial charge in [-0.1, -0.05) is 91.0 Å². The quantitative estimate of drug-likeness (QED) is 0.463. The molecule has 0 saturated carbocycles. The van der Waals surface area contributed by atoms with Crippen LogP contribution < -0.4 is 0 Å². The Morgan fingerprint density at radius 1 is 0.400 bits per heavy atom. The van der Waals surface area contributed by atoms with Crippen molar-refractivity contribution in [3.05, 3.63) is 103 Å². The molecule has 120 valence electrons. The highest BCUT2D eigenvalue weighted by Crippen LogP contribution is 2.39. The molecular formula is C24H18O. The molecule has 1 heteroatoms. The molecule has 0 amide bonds. The molecule has 0 fully saturated rings. The van der Waals surface area contributed by atoms with Crippen molar-refractivity contribution in [2.24, 2.45) is 0 Å². The predicted molar refractivity (Wildman–Crippen MR) is 104 cm³/mol. The van der Waals surface area contributed by atoms with Gasteiger partial charge < -0.3 is 5.11 Å². The topological polar surface area (TPSA) is 20.2 Å². The van der Waals surface area contributed by atoms with Crippen LogP contribution in [0.1, 0.15) is 0 Å². The van der Waals surface area contributed by atoms with Gasteiger partial charge in [-0.15, -0.1) is 0 Å². The van der Waals surface area contributed by atoms with E-state index in [1.54, 1.807) is 6.07 Å². The fourth-order valence-corrected chi connectivity index (χ4v) is 3.21. The summed E-state index contributed by atoms with van der Waals surface area (Å²) in [5.74, 6) is 0.278. The molecule has 0 aliphatic heterocycles. The zero-order valence-corrected chi connectivity index (χ0v) is 13.8. The lowest BCUT2D eigenvalue weighted by Crippen LogP contribution is -1.89. The van der Waals surface area contributed by atoms with Crippen molar-refractivity contribution in [1.29, 1.82) is 0 Å². The summed E-state index contributed by atoms with van der Waals surface area (Å²) in [5.41, 5.74) is 6.77. The van der Waals surface area contributed by atoms with Crippen LogP contribution in [0.25, 0.3) is 33.4 Å². The van der Waals surface area contributed by atoms with Gasteiger partial charge in [0.1, 0.15) is 5.75 Å². The number of hydrogen-bond donors (Lipinski definition) is 1. The molecule has 0 atom stereocenters. The number of hydrogen-bond acceptors (Lipinski definition) is 1. The monoisotopic (exact) mass is 322 g/mol. The van der Waals surface area contributed by atoms with Gasteiger partial charge in [-0.05, 0) is 45.5 Å². The van der Waals surface area contributed by atoms with Crippen molar-refractivity contribution >= 4 is 0 Å². The van der Waals surface area contributed by atoms with E-state index in [1.165, 1.54) is 11.1 Å². The van der Waals surface area contributed by atoms with Gasteiger partial charge in [0, 0.05) is 0 Å². The second-order valence-corrected chi connectivity index (χ2v) is 6.01. The van der Waals surface area contributed by atoms with Gasteiger partial charge in [0.2, 0.25) is 0 Å². The molecule has 0 aliphatic rings. The zero-order valence-electron chi connectivity index (χ0n) is 13.8. The number of benzene rings is 4. The lowest BCUT2D eigenvalue weighted by molar-refractivity contribution is 0.475. The van der Waals surface area contributed by atoms with Crippen LogP contribution in [0.4, 0.5) is 0 Å². The first-order valence-corrected chi connectivity index (χ1v) is 8.36. The van der Waals surface area contributed by atoms with Gasteiger partial charge in [0.05, 0.1) is 0 Å². The Labute approximate surface area is 147 Å². The Bertz CT molecular complexity index is 989. The van der Waals surface area contributed by atoms with Crippen LogP contribution in [0.3, 0.4) is 0 Å². The highest BCUT2D eigenvalue weighted by molar-refractivity contribution is 5.92. The van der Waals surface area contributed by atoms with Crippen molar-refractivity contribution in [2.45, 2.75) is 0 Å². The van der Waals surface area contributed by atoms with E-state index < -0.39 is 0 Å². The first kappa shape index (κ1) is 15.2. The summed E-state index contributed by atoms with van der Waals surface area (Å²) in [4.78, 5) is 0. The maximum Gasteiger partial charge on any atom is 0.116 e. The number of phenols is 1. The van der Waals surface area contributed by atoms with E-state index in [9.17, 15) is 5.11 Å². The first-order valence-electron chi connectivity index (χ1n) is 8.36. The molecule has 0 aliphatic carbocycles. The lowest BCUT2D eigenvalue weighted by atomic mass is 9.89. The second-order valence-electron chi connectivity index (χ2n) is 6.01. The van der Waals surface area contributed by atoms with Gasteiger partial charge in [-0.2, -0.15) is 0 Å². The molecule has 0 radical (unpaired) electrons. The smallest absolute Gasteiger partial charge is 0.116 e. The summed E-state index contributed by atoms with van der Waals surface area (Å²) < 4.78 is 0. The predicted octanol–water partition coefficient (Wildman–Crippen LogP) is 6.39. The van der Waals surface area contributed by atoms with E-state index in [0.717, 1.165) is 22.3 Å². The second kappa shape index (κ2) is 6.66. The summed E-state index contributed by atoms with van der Waals surface area (Å²) in [5, 5.41) is 10.0. The Balaban J connectivity index is 1.96. The molecule has 4 aromatic carbocycles. The first-order chi connectivity index (χ1) is 12.3. The van der Waals surface area contributed by atoms with Gasteiger partial charge in [0.15, 0.2) is 0 Å². The molecular weight excluding hydrogens is 304 g/mol. The van der Waals surface area contributed by atoms with Crippen LogP contribution in [0.5, 0.6) is 5.75 Å². The molecule has 25 heavy (non-hydrogen) atoms. The van der Waals surface area contributed by atoms with E-state index in [4.69, 9.17) is 0 Å². The fourth-order valence-electron chi connectivity index (χ4n) is 3.21. The average Bonchev–Trinajstić information content (AvgIpc) is 2.69. The minimum absolute atomic E-state index is 0.278. The van der Waals surface area contributed by atoms with Crippen LogP contribution in [0.15, 0.2) is 103 Å². The molecule has 4 aromatic rings. The van der Waals surface area contributed by atoms with Crippen LogP contribution in [0.2, 0.25) is 0 Å². The van der Waals surface area contributed by atoms with E-state index in [2.05, 4.69) is 60.7 Å². The minimum atomic E-state index is 0.278. The Morgan fingerprint density at radius 3 is 1.52 bits per heavy atom. The summed E-state index contributed by atoms with van der Waals surface area (Å²) in [6.07, 6.45) is 0. The maximum absolute atomic E-state index is 10.0. The van der Waals surface area contributed by atoms with Crippen molar-refractivity contribution in [3.8, 4) is 39.1 Å². The minimum Gasteiger partial charge on any atom is -0.508 e. The van der Waals surface area contributed by atoms with Crippen molar-refractivity contribution < 1.29 is 5.11 Å². The third kappa shape index (κ3) is 3.05. The summed E-state index contributed by atoms with van der Waals surface area (Å²) in [6.45, 7) is 0. The van der Waals surface area contributed by atoms with Crippen LogP contribution in [-0.2, 0) is 0 Å². The molecule has 0 bridgehead atoms. The largest absolute Gasteiger partial charge is 0.508 e. The van der Waals surface area contributed by atoms with Crippen LogP contribution >= 0.6 is 0 Å². The van der Waals surface area contributed by atoms with Gasteiger partial charge in [-0.3, -0.25) is 0 Å². The van der Waals surface area contributed by atoms with Crippen molar-refractivity contribution in [2.75, 3.05) is 0 Å². The highest BCUT2D eigenvalue weighted by atomic mass is 16.3. The third-order valence-electron chi connectivity index (χ3n) is 4.39. The fraction of sp³-hybridized carbons (Fsp3) is 0. The molecule has 0 aromatic heterocycles. The summed E-state index contributed by atoms with van der Waals surface area (Å²) in [7, 11) is 0. The summed E-state index contributed by atoms with van der Waals surface area (Å²) in [6, 6.07) is 34.6. The van der Waals surface area contributed by atoms with Crippen molar-refractivity contribution in [3.63, 3.8) is 0 Å². The van der Waals surface area contributed by atoms with Gasteiger partial charge in [0.25, 0.3) is 0 Å². The average molecular weight is 322 g/mol. The van der Waals surface area contributed by atoms with Crippen LogP contribution in [0, 0.1) is 0 Å².